The van der Waals surface area contributed by atoms with Gasteiger partial charge in [0.05, 0.1) is 6.26 Å². The van der Waals surface area contributed by atoms with Crippen LogP contribution in [0.3, 0.4) is 0 Å². The standard InChI is InChI=1S/C19H30N4O2S.HI/c1-26(24,25)23-14-10-17(11-15-23)16-20-19(22-12-6-3-7-13-22)21-18-8-4-2-5-9-18;/h2,4-5,8-9,17H,3,6-7,10-16H2,1H3,(H,20,21);1H. The second-order valence-corrected chi connectivity index (χ2v) is 9.29. The van der Waals surface area contributed by atoms with Gasteiger partial charge in [0, 0.05) is 38.4 Å². The summed E-state index contributed by atoms with van der Waals surface area (Å²) in [5.74, 6) is 1.41. The van der Waals surface area contributed by atoms with Gasteiger partial charge in [-0.2, -0.15) is 0 Å². The lowest BCUT2D eigenvalue weighted by Crippen LogP contribution is -2.41. The summed E-state index contributed by atoms with van der Waals surface area (Å²) in [4.78, 5) is 7.27. The molecule has 2 saturated heterocycles. The van der Waals surface area contributed by atoms with Crippen molar-refractivity contribution < 1.29 is 8.42 Å². The van der Waals surface area contributed by atoms with E-state index in [1.807, 2.05) is 18.2 Å². The van der Waals surface area contributed by atoms with Crippen LogP contribution in [-0.2, 0) is 10.0 Å². The van der Waals surface area contributed by atoms with E-state index in [2.05, 4.69) is 22.3 Å². The summed E-state index contributed by atoms with van der Waals surface area (Å²) >= 11 is 0. The minimum Gasteiger partial charge on any atom is -0.343 e. The monoisotopic (exact) mass is 506 g/mol. The van der Waals surface area contributed by atoms with Crippen molar-refractivity contribution in [2.45, 2.75) is 32.1 Å². The zero-order valence-corrected chi connectivity index (χ0v) is 19.2. The first-order chi connectivity index (χ1) is 12.5. The van der Waals surface area contributed by atoms with E-state index in [0.29, 0.717) is 19.0 Å². The van der Waals surface area contributed by atoms with E-state index in [0.717, 1.165) is 44.1 Å². The zero-order valence-electron chi connectivity index (χ0n) is 16.0. The van der Waals surface area contributed by atoms with Gasteiger partial charge in [-0.15, -0.1) is 24.0 Å². The van der Waals surface area contributed by atoms with Gasteiger partial charge in [0.2, 0.25) is 10.0 Å². The molecule has 27 heavy (non-hydrogen) atoms. The second kappa shape index (κ2) is 10.6. The molecule has 0 bridgehead atoms. The van der Waals surface area contributed by atoms with Crippen LogP contribution in [0.15, 0.2) is 35.3 Å². The smallest absolute Gasteiger partial charge is 0.211 e. The highest BCUT2D eigenvalue weighted by Crippen LogP contribution is 2.20. The molecule has 2 fully saturated rings. The largest absolute Gasteiger partial charge is 0.343 e. The molecule has 2 heterocycles. The third-order valence-corrected chi connectivity index (χ3v) is 6.53. The van der Waals surface area contributed by atoms with Crippen molar-refractivity contribution in [1.82, 2.24) is 9.21 Å². The zero-order chi connectivity index (χ0) is 18.4. The van der Waals surface area contributed by atoms with E-state index in [1.165, 1.54) is 25.5 Å². The molecular weight excluding hydrogens is 475 g/mol. The minimum absolute atomic E-state index is 0. The van der Waals surface area contributed by atoms with Gasteiger partial charge >= 0.3 is 0 Å². The maximum absolute atomic E-state index is 11.7. The Morgan fingerprint density at radius 1 is 1.07 bits per heavy atom. The molecule has 1 aromatic carbocycles. The maximum Gasteiger partial charge on any atom is 0.211 e. The lowest BCUT2D eigenvalue weighted by molar-refractivity contribution is 0.278. The topological polar surface area (TPSA) is 65.0 Å². The third-order valence-electron chi connectivity index (χ3n) is 5.23. The Balaban J connectivity index is 0.00000261. The van der Waals surface area contributed by atoms with E-state index in [9.17, 15) is 8.42 Å². The van der Waals surface area contributed by atoms with Gasteiger partial charge in [0.25, 0.3) is 0 Å². The van der Waals surface area contributed by atoms with E-state index in [4.69, 9.17) is 4.99 Å². The molecule has 3 rings (SSSR count). The molecule has 0 amide bonds. The predicted octanol–water partition coefficient (Wildman–Crippen LogP) is 3.23. The number of rotatable bonds is 4. The van der Waals surface area contributed by atoms with Crippen molar-refractivity contribution in [2.24, 2.45) is 10.9 Å². The lowest BCUT2D eigenvalue weighted by Gasteiger charge is -2.32. The Kier molecular flexibility index (Phi) is 8.81. The molecule has 0 aromatic heterocycles. The van der Waals surface area contributed by atoms with Crippen molar-refractivity contribution in [3.63, 3.8) is 0 Å². The van der Waals surface area contributed by atoms with Gasteiger partial charge in [-0.1, -0.05) is 18.2 Å². The summed E-state index contributed by atoms with van der Waals surface area (Å²) in [5, 5.41) is 3.49. The second-order valence-electron chi connectivity index (χ2n) is 7.31. The predicted molar refractivity (Wildman–Crippen MR) is 122 cm³/mol. The molecule has 8 heteroatoms. The minimum atomic E-state index is -3.06. The fourth-order valence-electron chi connectivity index (χ4n) is 3.61. The molecule has 0 radical (unpaired) electrons. The maximum atomic E-state index is 11.7. The number of nitrogens with zero attached hydrogens (tertiary/aromatic N) is 3. The van der Waals surface area contributed by atoms with Crippen LogP contribution >= 0.6 is 24.0 Å². The highest BCUT2D eigenvalue weighted by Gasteiger charge is 2.25. The van der Waals surface area contributed by atoms with Gasteiger partial charge in [0.15, 0.2) is 5.96 Å². The summed E-state index contributed by atoms with van der Waals surface area (Å²) < 4.78 is 24.9. The Bertz CT molecular complexity index is 698. The van der Waals surface area contributed by atoms with Gasteiger partial charge in [0.1, 0.15) is 0 Å². The van der Waals surface area contributed by atoms with E-state index >= 15 is 0 Å². The van der Waals surface area contributed by atoms with E-state index in [-0.39, 0.29) is 24.0 Å². The van der Waals surface area contributed by atoms with E-state index < -0.39 is 10.0 Å². The number of para-hydroxylation sites is 1. The summed E-state index contributed by atoms with van der Waals surface area (Å²) in [6.45, 7) is 4.08. The molecule has 0 saturated carbocycles. The first-order valence-corrected chi connectivity index (χ1v) is 11.4. The fraction of sp³-hybridized carbons (Fsp3) is 0.632. The van der Waals surface area contributed by atoms with Gasteiger partial charge in [-0.25, -0.2) is 12.7 Å². The number of guanidine groups is 1. The summed E-state index contributed by atoms with van der Waals surface area (Å²) in [5.41, 5.74) is 1.06. The van der Waals surface area contributed by atoms with Crippen LogP contribution in [0.2, 0.25) is 0 Å². The summed E-state index contributed by atoms with van der Waals surface area (Å²) in [7, 11) is -3.06. The summed E-state index contributed by atoms with van der Waals surface area (Å²) in [6.07, 6.45) is 6.78. The van der Waals surface area contributed by atoms with Crippen LogP contribution in [0.5, 0.6) is 0 Å². The van der Waals surface area contributed by atoms with Gasteiger partial charge < -0.3 is 10.2 Å². The average Bonchev–Trinajstić information content (AvgIpc) is 2.66. The normalized spacial score (nSPS) is 20.2. The third kappa shape index (κ3) is 6.90. The van der Waals surface area contributed by atoms with Crippen molar-refractivity contribution in [1.29, 1.82) is 0 Å². The highest BCUT2D eigenvalue weighted by molar-refractivity contribution is 14.0. The number of aliphatic imine (C=N–C) groups is 1. The molecule has 1 aromatic rings. The first-order valence-electron chi connectivity index (χ1n) is 9.59. The molecule has 0 aliphatic carbocycles. The highest BCUT2D eigenvalue weighted by atomic mass is 127. The Labute approximate surface area is 180 Å². The first kappa shape index (κ1) is 22.4. The number of piperidine rings is 2. The average molecular weight is 506 g/mol. The Morgan fingerprint density at radius 2 is 1.70 bits per heavy atom. The molecule has 6 nitrogen and oxygen atoms in total. The SMILES string of the molecule is CS(=O)(=O)N1CCC(CN=C(Nc2ccccc2)N2CCCCC2)CC1.I. The molecule has 1 N–H and O–H groups in total. The van der Waals surface area contributed by atoms with Crippen LogP contribution in [0.4, 0.5) is 5.69 Å². The summed E-state index contributed by atoms with van der Waals surface area (Å²) in [6, 6.07) is 10.2. The number of nitrogens with one attached hydrogen (secondary N) is 1. The Hall–Kier alpha value is -0.870. The molecule has 0 atom stereocenters. The molecular formula is C19H31IN4O2S. The van der Waals surface area contributed by atoms with E-state index in [1.54, 1.807) is 4.31 Å². The van der Waals surface area contributed by atoms with Crippen molar-refractivity contribution >= 4 is 45.6 Å². The molecule has 0 unspecified atom stereocenters. The molecule has 2 aliphatic heterocycles. The van der Waals surface area contributed by atoms with Crippen LogP contribution in [-0.4, -0.2) is 62.6 Å². The van der Waals surface area contributed by atoms with Crippen LogP contribution in [0, 0.1) is 5.92 Å². The van der Waals surface area contributed by atoms with Crippen LogP contribution < -0.4 is 5.32 Å². The number of benzene rings is 1. The number of hydrogen-bond donors (Lipinski definition) is 1. The fourth-order valence-corrected chi connectivity index (χ4v) is 4.49. The number of anilines is 1. The number of sulfonamides is 1. The molecule has 0 spiro atoms. The number of halogens is 1. The van der Waals surface area contributed by atoms with Crippen LogP contribution in [0.1, 0.15) is 32.1 Å². The van der Waals surface area contributed by atoms with Crippen LogP contribution in [0.25, 0.3) is 0 Å². The van der Waals surface area contributed by atoms with Gasteiger partial charge in [-0.3, -0.25) is 4.99 Å². The lowest BCUT2D eigenvalue weighted by atomic mass is 9.98. The van der Waals surface area contributed by atoms with Crippen molar-refractivity contribution in [3.8, 4) is 0 Å². The van der Waals surface area contributed by atoms with Crippen molar-refractivity contribution in [2.75, 3.05) is 44.3 Å². The van der Waals surface area contributed by atoms with Crippen molar-refractivity contribution in [3.05, 3.63) is 30.3 Å². The number of hydrogen-bond acceptors (Lipinski definition) is 3. The Morgan fingerprint density at radius 3 is 2.30 bits per heavy atom. The quantitative estimate of drug-likeness (QED) is 0.387. The molecule has 2 aliphatic rings. The number of likely N-dealkylation sites (tertiary alicyclic amines) is 1. The molecule has 152 valence electrons. The van der Waals surface area contributed by atoms with Gasteiger partial charge in [-0.05, 0) is 50.2 Å².